The summed E-state index contributed by atoms with van der Waals surface area (Å²) in [4.78, 5) is 22.8. The van der Waals surface area contributed by atoms with Crippen LogP contribution < -0.4 is 5.32 Å². The molecule has 1 rings (SSSR count). The van der Waals surface area contributed by atoms with Gasteiger partial charge in [0.05, 0.1) is 11.3 Å². The Kier molecular flexibility index (Phi) is 6.83. The van der Waals surface area contributed by atoms with E-state index in [1.165, 1.54) is 0 Å². The summed E-state index contributed by atoms with van der Waals surface area (Å²) in [6.45, 7) is 2.12. The van der Waals surface area contributed by atoms with Crippen LogP contribution >= 0.6 is 22.6 Å². The summed E-state index contributed by atoms with van der Waals surface area (Å²) in [6, 6.07) is 4.96. The quantitative estimate of drug-likeness (QED) is 0.561. The zero-order valence-electron chi connectivity index (χ0n) is 10.9. The lowest BCUT2D eigenvalue weighted by molar-refractivity contribution is -0.116. The summed E-state index contributed by atoms with van der Waals surface area (Å²) in [5.74, 6) is -1.15. The van der Waals surface area contributed by atoms with Crippen molar-refractivity contribution < 1.29 is 14.7 Å². The summed E-state index contributed by atoms with van der Waals surface area (Å²) in [6.07, 6.45) is 4.55. The Morgan fingerprint density at radius 3 is 2.63 bits per heavy atom. The molecule has 0 aliphatic heterocycles. The Bertz CT molecular complexity index is 460. The molecule has 0 unspecified atom stereocenters. The van der Waals surface area contributed by atoms with Gasteiger partial charge in [0.1, 0.15) is 0 Å². The van der Waals surface area contributed by atoms with Gasteiger partial charge in [-0.2, -0.15) is 0 Å². The number of anilines is 1. The lowest BCUT2D eigenvalue weighted by atomic mass is 10.1. The van der Waals surface area contributed by atoms with E-state index in [2.05, 4.69) is 12.2 Å². The molecule has 0 spiro atoms. The molecule has 0 radical (unpaired) electrons. The lowest BCUT2D eigenvalue weighted by Crippen LogP contribution is -2.14. The molecular formula is C14H18INO3. The molecule has 0 aliphatic carbocycles. The molecule has 104 valence electrons. The van der Waals surface area contributed by atoms with Gasteiger partial charge in [0.25, 0.3) is 0 Å². The van der Waals surface area contributed by atoms with E-state index < -0.39 is 5.97 Å². The molecule has 0 saturated heterocycles. The number of carboxylic acids is 1. The average Bonchev–Trinajstić information content (AvgIpc) is 2.36. The number of carbonyl (C=O) groups excluding carboxylic acids is 1. The van der Waals surface area contributed by atoms with Crippen LogP contribution in [0, 0.1) is 3.57 Å². The highest BCUT2D eigenvalue weighted by molar-refractivity contribution is 14.1. The topological polar surface area (TPSA) is 66.4 Å². The van der Waals surface area contributed by atoms with Gasteiger partial charge >= 0.3 is 5.97 Å². The van der Waals surface area contributed by atoms with Gasteiger partial charge in [0.15, 0.2) is 0 Å². The van der Waals surface area contributed by atoms with Gasteiger partial charge in [0, 0.05) is 9.99 Å². The van der Waals surface area contributed by atoms with Crippen molar-refractivity contribution in [1.29, 1.82) is 0 Å². The molecule has 0 aromatic heterocycles. The second kappa shape index (κ2) is 8.14. The van der Waals surface area contributed by atoms with E-state index in [0.717, 1.165) is 29.3 Å². The van der Waals surface area contributed by atoms with E-state index in [1.54, 1.807) is 18.2 Å². The summed E-state index contributed by atoms with van der Waals surface area (Å²) in [7, 11) is 0. The predicted octanol–water partition coefficient (Wildman–Crippen LogP) is 3.90. The van der Waals surface area contributed by atoms with Crippen LogP contribution in [0.25, 0.3) is 0 Å². The number of hydrogen-bond acceptors (Lipinski definition) is 2. The van der Waals surface area contributed by atoms with Crippen molar-refractivity contribution in [2.75, 3.05) is 5.32 Å². The molecule has 1 amide bonds. The minimum atomic E-state index is -1.03. The number of hydrogen-bond donors (Lipinski definition) is 2. The first-order valence-electron chi connectivity index (χ1n) is 6.37. The zero-order valence-corrected chi connectivity index (χ0v) is 13.1. The molecule has 1 aromatic carbocycles. The third-order valence-corrected chi connectivity index (χ3v) is 3.41. The Morgan fingerprint density at radius 2 is 2.00 bits per heavy atom. The minimum absolute atomic E-state index is 0.125. The Hall–Kier alpha value is -1.11. The van der Waals surface area contributed by atoms with Gasteiger partial charge in [-0.25, -0.2) is 4.79 Å². The van der Waals surface area contributed by atoms with Crippen LogP contribution in [-0.4, -0.2) is 17.0 Å². The van der Waals surface area contributed by atoms with E-state index >= 15 is 0 Å². The second-order valence-corrected chi connectivity index (χ2v) is 5.60. The fourth-order valence-corrected chi connectivity index (χ4v) is 2.22. The molecule has 0 saturated carbocycles. The van der Waals surface area contributed by atoms with Crippen LogP contribution in [0.5, 0.6) is 0 Å². The molecule has 0 heterocycles. The number of halogens is 1. The van der Waals surface area contributed by atoms with Crippen LogP contribution in [0.15, 0.2) is 18.2 Å². The molecule has 4 nitrogen and oxygen atoms in total. The fourth-order valence-electron chi connectivity index (χ4n) is 1.73. The molecule has 2 N–H and O–H groups in total. The predicted molar refractivity (Wildman–Crippen MR) is 83.5 cm³/mol. The molecule has 19 heavy (non-hydrogen) atoms. The highest BCUT2D eigenvalue weighted by atomic mass is 127. The van der Waals surface area contributed by atoms with Crippen molar-refractivity contribution in [2.24, 2.45) is 0 Å². The van der Waals surface area contributed by atoms with Crippen molar-refractivity contribution >= 4 is 40.2 Å². The number of benzene rings is 1. The normalized spacial score (nSPS) is 10.2. The largest absolute Gasteiger partial charge is 0.478 e. The molecule has 0 atom stereocenters. The van der Waals surface area contributed by atoms with E-state index in [9.17, 15) is 9.59 Å². The van der Waals surface area contributed by atoms with E-state index in [0.29, 0.717) is 12.1 Å². The van der Waals surface area contributed by atoms with E-state index in [1.807, 2.05) is 22.6 Å². The molecule has 5 heteroatoms. The summed E-state index contributed by atoms with van der Waals surface area (Å²) < 4.78 is 0.830. The van der Waals surface area contributed by atoms with Crippen LogP contribution in [0.4, 0.5) is 5.69 Å². The van der Waals surface area contributed by atoms with E-state index in [4.69, 9.17) is 5.11 Å². The van der Waals surface area contributed by atoms with Crippen LogP contribution in [0.2, 0.25) is 0 Å². The fraction of sp³-hybridized carbons (Fsp3) is 0.429. The van der Waals surface area contributed by atoms with Crippen LogP contribution in [0.1, 0.15) is 49.4 Å². The lowest BCUT2D eigenvalue weighted by Gasteiger charge is -2.08. The third kappa shape index (κ3) is 5.59. The first-order valence-corrected chi connectivity index (χ1v) is 7.45. The number of unbranched alkanes of at least 4 members (excludes halogenated alkanes) is 3. The molecule has 0 bridgehead atoms. The molecule has 0 aliphatic rings. The maximum Gasteiger partial charge on any atom is 0.337 e. The highest BCUT2D eigenvalue weighted by Gasteiger charge is 2.12. The third-order valence-electron chi connectivity index (χ3n) is 2.74. The van der Waals surface area contributed by atoms with Gasteiger partial charge in [-0.1, -0.05) is 26.2 Å². The van der Waals surface area contributed by atoms with Crippen LogP contribution in [-0.2, 0) is 4.79 Å². The van der Waals surface area contributed by atoms with Crippen molar-refractivity contribution in [1.82, 2.24) is 0 Å². The number of nitrogens with one attached hydrogen (secondary N) is 1. The maximum absolute atomic E-state index is 11.7. The highest BCUT2D eigenvalue weighted by Crippen LogP contribution is 2.19. The Labute approximate surface area is 126 Å². The van der Waals surface area contributed by atoms with Gasteiger partial charge in [0.2, 0.25) is 5.91 Å². The summed E-state index contributed by atoms with van der Waals surface area (Å²) in [5.41, 5.74) is 0.502. The second-order valence-electron chi connectivity index (χ2n) is 4.35. The van der Waals surface area contributed by atoms with Crippen LogP contribution in [0.3, 0.4) is 0 Å². The standard InChI is InChI=1S/C14H18INO3/c1-2-3-4-5-6-13(17)16-12-8-7-10(15)9-11(12)14(18)19/h7-9H,2-6H2,1H3,(H,16,17)(H,18,19). The summed E-state index contributed by atoms with van der Waals surface area (Å²) in [5, 5.41) is 11.8. The van der Waals surface area contributed by atoms with Crippen molar-refractivity contribution in [3.05, 3.63) is 27.3 Å². The summed E-state index contributed by atoms with van der Waals surface area (Å²) >= 11 is 2.04. The van der Waals surface area contributed by atoms with Crippen molar-refractivity contribution in [2.45, 2.75) is 39.0 Å². The van der Waals surface area contributed by atoms with Crippen molar-refractivity contribution in [3.63, 3.8) is 0 Å². The monoisotopic (exact) mass is 375 g/mol. The molecule has 1 aromatic rings. The number of carbonyl (C=O) groups is 2. The number of amides is 1. The first-order chi connectivity index (χ1) is 9.04. The van der Waals surface area contributed by atoms with Crippen molar-refractivity contribution in [3.8, 4) is 0 Å². The SMILES string of the molecule is CCCCCCC(=O)Nc1ccc(I)cc1C(=O)O. The van der Waals surface area contributed by atoms with E-state index in [-0.39, 0.29) is 11.5 Å². The average molecular weight is 375 g/mol. The Balaban J connectivity index is 2.61. The number of rotatable bonds is 7. The first kappa shape index (κ1) is 15.9. The maximum atomic E-state index is 11.7. The molecular weight excluding hydrogens is 357 g/mol. The Morgan fingerprint density at radius 1 is 1.26 bits per heavy atom. The van der Waals surface area contributed by atoms with Gasteiger partial charge in [-0.05, 0) is 47.2 Å². The smallest absolute Gasteiger partial charge is 0.337 e. The zero-order chi connectivity index (χ0) is 14.3. The molecule has 0 fully saturated rings. The number of carboxylic acid groups (broad SMARTS) is 1. The van der Waals surface area contributed by atoms with Gasteiger partial charge in [-0.3, -0.25) is 4.79 Å². The number of aromatic carboxylic acids is 1. The van der Waals surface area contributed by atoms with Gasteiger partial charge < -0.3 is 10.4 Å². The minimum Gasteiger partial charge on any atom is -0.478 e. The van der Waals surface area contributed by atoms with Gasteiger partial charge in [-0.15, -0.1) is 0 Å².